The summed E-state index contributed by atoms with van der Waals surface area (Å²) in [5.74, 6) is 1.56. The predicted molar refractivity (Wildman–Crippen MR) is 119 cm³/mol. The van der Waals surface area contributed by atoms with Crippen molar-refractivity contribution in [3.63, 3.8) is 0 Å². The van der Waals surface area contributed by atoms with E-state index in [0.717, 1.165) is 37.4 Å². The van der Waals surface area contributed by atoms with Gasteiger partial charge in [-0.15, -0.1) is 0 Å². The monoisotopic (exact) mass is 407 g/mol. The van der Waals surface area contributed by atoms with Crippen molar-refractivity contribution in [2.24, 2.45) is 4.99 Å². The number of ether oxygens (including phenoxy) is 1. The van der Waals surface area contributed by atoms with Crippen LogP contribution in [0.4, 0.5) is 0 Å². The molecule has 0 amide bonds. The summed E-state index contributed by atoms with van der Waals surface area (Å²) < 4.78 is 18.0. The Hall–Kier alpha value is -1.40. The molecule has 1 aromatic carbocycles. The molecule has 3 unspecified atom stereocenters. The van der Waals surface area contributed by atoms with E-state index in [-0.39, 0.29) is 5.60 Å². The van der Waals surface area contributed by atoms with E-state index in [4.69, 9.17) is 4.74 Å². The van der Waals surface area contributed by atoms with E-state index in [9.17, 15) is 4.21 Å². The maximum atomic E-state index is 12.2. The molecule has 1 saturated carbocycles. The number of nitrogens with zero attached hydrogens (tertiary/aromatic N) is 1. The highest BCUT2D eigenvalue weighted by Gasteiger charge is 2.26. The van der Waals surface area contributed by atoms with Crippen LogP contribution in [-0.2, 0) is 28.7 Å². The van der Waals surface area contributed by atoms with Gasteiger partial charge in [0.15, 0.2) is 5.96 Å². The van der Waals surface area contributed by atoms with Crippen LogP contribution in [-0.4, -0.2) is 39.9 Å². The predicted octanol–water partition coefficient (Wildman–Crippen LogP) is 3.75. The first-order chi connectivity index (χ1) is 13.3. The summed E-state index contributed by atoms with van der Waals surface area (Å²) in [7, 11) is 1.09. The van der Waals surface area contributed by atoms with Crippen LogP contribution in [0.25, 0.3) is 0 Å². The van der Waals surface area contributed by atoms with Crippen LogP contribution in [0.3, 0.4) is 0 Å². The van der Waals surface area contributed by atoms with Crippen LogP contribution >= 0.6 is 0 Å². The SMILES string of the molecule is CCS(=O)C1CCCC(NC(=NC)NCc2cccc(COC(C)(C)C)c2)C1. The van der Waals surface area contributed by atoms with E-state index >= 15 is 0 Å². The fraction of sp³-hybridized carbons (Fsp3) is 0.682. The number of aliphatic imine (C=N–C) groups is 1. The van der Waals surface area contributed by atoms with Gasteiger partial charge in [-0.1, -0.05) is 37.6 Å². The second kappa shape index (κ2) is 11.0. The lowest BCUT2D eigenvalue weighted by Crippen LogP contribution is -2.46. The topological polar surface area (TPSA) is 62.7 Å². The van der Waals surface area contributed by atoms with Crippen molar-refractivity contribution in [1.82, 2.24) is 10.6 Å². The van der Waals surface area contributed by atoms with E-state index in [1.54, 1.807) is 7.05 Å². The minimum absolute atomic E-state index is 0.139. The summed E-state index contributed by atoms with van der Waals surface area (Å²) >= 11 is 0. The lowest BCUT2D eigenvalue weighted by Gasteiger charge is -2.30. The molecule has 1 aliphatic rings. The van der Waals surface area contributed by atoms with E-state index < -0.39 is 10.8 Å². The molecule has 1 aromatic rings. The number of hydrogen-bond acceptors (Lipinski definition) is 3. The summed E-state index contributed by atoms with van der Waals surface area (Å²) in [5.41, 5.74) is 2.24. The molecule has 2 rings (SSSR count). The molecule has 1 aliphatic carbocycles. The van der Waals surface area contributed by atoms with E-state index in [0.29, 0.717) is 24.4 Å². The van der Waals surface area contributed by atoms with E-state index in [1.807, 2.05) is 6.92 Å². The van der Waals surface area contributed by atoms with Crippen LogP contribution in [0.15, 0.2) is 29.3 Å². The zero-order valence-electron chi connectivity index (χ0n) is 18.1. The quantitative estimate of drug-likeness (QED) is 0.534. The second-order valence-corrected chi connectivity index (χ2v) is 10.5. The fourth-order valence-electron chi connectivity index (χ4n) is 3.45. The van der Waals surface area contributed by atoms with Crippen LogP contribution < -0.4 is 10.6 Å². The summed E-state index contributed by atoms with van der Waals surface area (Å²) in [6.07, 6.45) is 4.27. The minimum atomic E-state index is -0.708. The summed E-state index contributed by atoms with van der Waals surface area (Å²) in [4.78, 5) is 4.37. The Morgan fingerprint density at radius 3 is 2.71 bits per heavy atom. The Morgan fingerprint density at radius 2 is 2.04 bits per heavy atom. The lowest BCUT2D eigenvalue weighted by atomic mass is 9.95. The molecular formula is C22H37N3O2S. The molecule has 0 radical (unpaired) electrons. The van der Waals surface area contributed by atoms with E-state index in [2.05, 4.69) is 60.7 Å². The molecule has 158 valence electrons. The second-order valence-electron chi connectivity index (χ2n) is 8.45. The van der Waals surface area contributed by atoms with Gasteiger partial charge in [0.25, 0.3) is 0 Å². The van der Waals surface area contributed by atoms with Crippen LogP contribution in [0, 0.1) is 0 Å². The van der Waals surface area contributed by atoms with Crippen molar-refractivity contribution in [2.45, 2.75) is 83.4 Å². The van der Waals surface area contributed by atoms with Crippen molar-refractivity contribution in [3.05, 3.63) is 35.4 Å². The van der Waals surface area contributed by atoms with Gasteiger partial charge in [0.1, 0.15) is 0 Å². The Labute approximate surface area is 173 Å². The van der Waals surface area contributed by atoms with Gasteiger partial charge in [0, 0.05) is 41.4 Å². The highest BCUT2D eigenvalue weighted by molar-refractivity contribution is 7.85. The summed E-state index contributed by atoms with van der Waals surface area (Å²) in [5, 5.41) is 7.25. The lowest BCUT2D eigenvalue weighted by molar-refractivity contribution is -0.0149. The molecule has 3 atom stereocenters. The Bertz CT molecular complexity index is 670. The summed E-state index contributed by atoms with van der Waals surface area (Å²) in [6.45, 7) is 9.54. The van der Waals surface area contributed by atoms with Gasteiger partial charge in [-0.3, -0.25) is 9.20 Å². The number of guanidine groups is 1. The molecule has 0 heterocycles. The third-order valence-electron chi connectivity index (χ3n) is 4.97. The van der Waals surface area contributed by atoms with Crippen molar-refractivity contribution >= 4 is 16.8 Å². The van der Waals surface area contributed by atoms with Crippen molar-refractivity contribution in [2.75, 3.05) is 12.8 Å². The van der Waals surface area contributed by atoms with Crippen molar-refractivity contribution in [1.29, 1.82) is 0 Å². The van der Waals surface area contributed by atoms with Crippen molar-refractivity contribution < 1.29 is 8.95 Å². The highest BCUT2D eigenvalue weighted by Crippen LogP contribution is 2.23. The zero-order chi connectivity index (χ0) is 20.6. The number of hydrogen-bond donors (Lipinski definition) is 2. The van der Waals surface area contributed by atoms with Crippen molar-refractivity contribution in [3.8, 4) is 0 Å². The Balaban J connectivity index is 1.86. The van der Waals surface area contributed by atoms with Gasteiger partial charge in [0.2, 0.25) is 0 Å². The first kappa shape index (κ1) is 22.9. The van der Waals surface area contributed by atoms with Crippen LogP contribution in [0.1, 0.15) is 64.5 Å². The van der Waals surface area contributed by atoms with Gasteiger partial charge in [-0.25, -0.2) is 0 Å². The molecule has 1 fully saturated rings. The normalized spacial score (nSPS) is 22.0. The number of benzene rings is 1. The molecular weight excluding hydrogens is 370 g/mol. The standard InChI is InChI=1S/C22H37N3O2S/c1-6-28(26)20-12-8-11-19(14-20)25-21(23-5)24-15-17-9-7-10-18(13-17)16-27-22(2,3)4/h7,9-10,13,19-20H,6,8,11-12,14-16H2,1-5H3,(H2,23,24,25). The van der Waals surface area contributed by atoms with Crippen LogP contribution in [0.5, 0.6) is 0 Å². The Kier molecular flexibility index (Phi) is 8.96. The minimum Gasteiger partial charge on any atom is -0.371 e. The van der Waals surface area contributed by atoms with Gasteiger partial charge < -0.3 is 15.4 Å². The molecule has 28 heavy (non-hydrogen) atoms. The number of rotatable bonds is 7. The number of nitrogens with one attached hydrogen (secondary N) is 2. The molecule has 0 saturated heterocycles. The average Bonchev–Trinajstić information content (AvgIpc) is 2.69. The smallest absolute Gasteiger partial charge is 0.191 e. The molecule has 0 spiro atoms. The van der Waals surface area contributed by atoms with Gasteiger partial charge in [0.05, 0.1) is 12.2 Å². The average molecular weight is 408 g/mol. The third kappa shape index (κ3) is 7.92. The van der Waals surface area contributed by atoms with Crippen LogP contribution in [0.2, 0.25) is 0 Å². The third-order valence-corrected chi connectivity index (χ3v) is 6.71. The van der Waals surface area contributed by atoms with E-state index in [1.165, 1.54) is 11.1 Å². The molecule has 0 aliphatic heterocycles. The highest BCUT2D eigenvalue weighted by atomic mass is 32.2. The maximum absolute atomic E-state index is 12.2. The molecule has 2 N–H and O–H groups in total. The molecule has 0 bridgehead atoms. The summed E-state index contributed by atoms with van der Waals surface area (Å²) in [6, 6.07) is 8.79. The first-order valence-electron chi connectivity index (χ1n) is 10.4. The van der Waals surface area contributed by atoms with Gasteiger partial charge in [-0.05, 0) is 51.2 Å². The molecule has 0 aromatic heterocycles. The maximum Gasteiger partial charge on any atom is 0.191 e. The Morgan fingerprint density at radius 1 is 1.29 bits per heavy atom. The largest absolute Gasteiger partial charge is 0.371 e. The molecule has 6 heteroatoms. The first-order valence-corrected chi connectivity index (χ1v) is 11.7. The fourth-order valence-corrected chi connectivity index (χ4v) is 4.80. The zero-order valence-corrected chi connectivity index (χ0v) is 18.9. The van der Waals surface area contributed by atoms with Gasteiger partial charge >= 0.3 is 0 Å². The van der Waals surface area contributed by atoms with Gasteiger partial charge in [-0.2, -0.15) is 0 Å². The molecule has 5 nitrogen and oxygen atoms in total.